The predicted octanol–water partition coefficient (Wildman–Crippen LogP) is 1.94. The molecule has 0 aliphatic heterocycles. The highest BCUT2D eigenvalue weighted by Crippen LogP contribution is 2.27. The SMILES string of the molecule is C=CCNC1(C(=O)O)CCCCCC1. The monoisotopic (exact) mass is 197 g/mol. The second kappa shape index (κ2) is 5.15. The summed E-state index contributed by atoms with van der Waals surface area (Å²) in [5.41, 5.74) is -0.690. The van der Waals surface area contributed by atoms with Crippen LogP contribution in [0.5, 0.6) is 0 Å². The lowest BCUT2D eigenvalue weighted by molar-refractivity contribution is -0.145. The van der Waals surface area contributed by atoms with Gasteiger partial charge in [0.05, 0.1) is 0 Å². The van der Waals surface area contributed by atoms with E-state index in [0.717, 1.165) is 38.5 Å². The van der Waals surface area contributed by atoms with Crippen molar-refractivity contribution < 1.29 is 9.90 Å². The van der Waals surface area contributed by atoms with Gasteiger partial charge in [-0.25, -0.2) is 0 Å². The molecule has 0 saturated heterocycles. The van der Waals surface area contributed by atoms with E-state index in [2.05, 4.69) is 11.9 Å². The quantitative estimate of drug-likeness (QED) is 0.535. The van der Waals surface area contributed by atoms with Crippen LogP contribution in [0, 0.1) is 0 Å². The number of hydrogen-bond acceptors (Lipinski definition) is 2. The summed E-state index contributed by atoms with van der Waals surface area (Å²) >= 11 is 0. The Labute approximate surface area is 85.2 Å². The molecule has 0 unspecified atom stereocenters. The second-order valence-corrected chi connectivity index (χ2v) is 3.97. The van der Waals surface area contributed by atoms with Gasteiger partial charge in [0.15, 0.2) is 0 Å². The summed E-state index contributed by atoms with van der Waals surface area (Å²) in [6.45, 7) is 4.18. The number of aliphatic carboxylic acids is 1. The predicted molar refractivity (Wildman–Crippen MR) is 56.3 cm³/mol. The molecular weight excluding hydrogens is 178 g/mol. The van der Waals surface area contributed by atoms with E-state index in [1.807, 2.05) is 0 Å². The molecule has 1 fully saturated rings. The zero-order chi connectivity index (χ0) is 10.4. The highest BCUT2D eigenvalue weighted by Gasteiger charge is 2.37. The number of carbonyl (C=O) groups is 1. The van der Waals surface area contributed by atoms with Crippen molar-refractivity contribution in [2.75, 3.05) is 6.54 Å². The van der Waals surface area contributed by atoms with Gasteiger partial charge < -0.3 is 5.11 Å². The standard InChI is InChI=1S/C11H19NO2/c1-2-9-12-11(10(13)14)7-5-3-4-6-8-11/h2,12H,1,3-9H2,(H,13,14). The van der Waals surface area contributed by atoms with Gasteiger partial charge in [-0.05, 0) is 12.8 Å². The van der Waals surface area contributed by atoms with E-state index in [1.54, 1.807) is 6.08 Å². The van der Waals surface area contributed by atoms with E-state index in [-0.39, 0.29) is 0 Å². The zero-order valence-corrected chi connectivity index (χ0v) is 8.59. The van der Waals surface area contributed by atoms with Crippen LogP contribution in [0.1, 0.15) is 38.5 Å². The smallest absolute Gasteiger partial charge is 0.323 e. The van der Waals surface area contributed by atoms with Gasteiger partial charge in [-0.1, -0.05) is 31.8 Å². The molecule has 0 aromatic carbocycles. The summed E-state index contributed by atoms with van der Waals surface area (Å²) in [5, 5.41) is 12.4. The van der Waals surface area contributed by atoms with Crippen LogP contribution in [0.15, 0.2) is 12.7 Å². The molecule has 1 aliphatic rings. The summed E-state index contributed by atoms with van der Waals surface area (Å²) < 4.78 is 0. The third kappa shape index (κ3) is 2.58. The molecule has 0 heterocycles. The molecule has 0 amide bonds. The van der Waals surface area contributed by atoms with Gasteiger partial charge in [-0.15, -0.1) is 6.58 Å². The minimum Gasteiger partial charge on any atom is -0.480 e. The number of rotatable bonds is 4. The van der Waals surface area contributed by atoms with Crippen molar-refractivity contribution in [3.05, 3.63) is 12.7 Å². The molecular formula is C11H19NO2. The summed E-state index contributed by atoms with van der Waals surface area (Å²) in [7, 11) is 0. The van der Waals surface area contributed by atoms with Crippen LogP contribution >= 0.6 is 0 Å². The first-order valence-electron chi connectivity index (χ1n) is 5.30. The van der Waals surface area contributed by atoms with Crippen LogP contribution in [-0.4, -0.2) is 23.2 Å². The maximum absolute atomic E-state index is 11.2. The van der Waals surface area contributed by atoms with E-state index in [0.29, 0.717) is 6.54 Å². The van der Waals surface area contributed by atoms with Gasteiger partial charge in [0.25, 0.3) is 0 Å². The van der Waals surface area contributed by atoms with Crippen molar-refractivity contribution in [3.63, 3.8) is 0 Å². The zero-order valence-electron chi connectivity index (χ0n) is 8.59. The van der Waals surface area contributed by atoms with Crippen molar-refractivity contribution in [1.29, 1.82) is 0 Å². The highest BCUT2D eigenvalue weighted by atomic mass is 16.4. The third-order valence-corrected chi connectivity index (χ3v) is 2.95. The molecule has 14 heavy (non-hydrogen) atoms. The van der Waals surface area contributed by atoms with Crippen molar-refractivity contribution in [3.8, 4) is 0 Å². The summed E-state index contributed by atoms with van der Waals surface area (Å²) in [4.78, 5) is 11.2. The molecule has 3 heteroatoms. The molecule has 0 atom stereocenters. The molecule has 1 aliphatic carbocycles. The fraction of sp³-hybridized carbons (Fsp3) is 0.727. The first-order valence-corrected chi connectivity index (χ1v) is 5.30. The number of carboxylic acid groups (broad SMARTS) is 1. The Morgan fingerprint density at radius 1 is 1.36 bits per heavy atom. The van der Waals surface area contributed by atoms with Gasteiger partial charge in [0.2, 0.25) is 0 Å². The minimum atomic E-state index is -0.707. The third-order valence-electron chi connectivity index (χ3n) is 2.95. The van der Waals surface area contributed by atoms with Crippen LogP contribution in [-0.2, 0) is 4.79 Å². The van der Waals surface area contributed by atoms with E-state index >= 15 is 0 Å². The molecule has 0 radical (unpaired) electrons. The number of carboxylic acids is 1. The van der Waals surface area contributed by atoms with Crippen LogP contribution in [0.4, 0.5) is 0 Å². The molecule has 0 spiro atoms. The molecule has 2 N–H and O–H groups in total. The lowest BCUT2D eigenvalue weighted by Gasteiger charge is -2.28. The Morgan fingerprint density at radius 3 is 2.36 bits per heavy atom. The molecule has 3 nitrogen and oxygen atoms in total. The Bertz CT molecular complexity index is 205. The van der Waals surface area contributed by atoms with Crippen molar-refractivity contribution in [2.24, 2.45) is 0 Å². The maximum atomic E-state index is 11.2. The van der Waals surface area contributed by atoms with Gasteiger partial charge in [-0.2, -0.15) is 0 Å². The summed E-state index contributed by atoms with van der Waals surface area (Å²) in [5.74, 6) is -0.707. The molecule has 0 bridgehead atoms. The van der Waals surface area contributed by atoms with Gasteiger partial charge in [0.1, 0.15) is 5.54 Å². The van der Waals surface area contributed by atoms with Gasteiger partial charge in [-0.3, -0.25) is 10.1 Å². The fourth-order valence-electron chi connectivity index (χ4n) is 2.07. The molecule has 0 aromatic heterocycles. The Kier molecular flexibility index (Phi) is 4.14. The van der Waals surface area contributed by atoms with Crippen molar-refractivity contribution >= 4 is 5.97 Å². The van der Waals surface area contributed by atoms with Crippen molar-refractivity contribution in [1.82, 2.24) is 5.32 Å². The van der Waals surface area contributed by atoms with Gasteiger partial charge in [0, 0.05) is 6.54 Å². The largest absolute Gasteiger partial charge is 0.480 e. The lowest BCUT2D eigenvalue weighted by Crippen LogP contribution is -2.51. The minimum absolute atomic E-state index is 0.576. The summed E-state index contributed by atoms with van der Waals surface area (Å²) in [6.07, 6.45) is 7.55. The normalized spacial score (nSPS) is 21.1. The van der Waals surface area contributed by atoms with Crippen LogP contribution in [0.25, 0.3) is 0 Å². The highest BCUT2D eigenvalue weighted by molar-refractivity contribution is 5.78. The van der Waals surface area contributed by atoms with E-state index in [1.165, 1.54) is 0 Å². The van der Waals surface area contributed by atoms with E-state index in [9.17, 15) is 9.90 Å². The molecule has 1 rings (SSSR count). The first-order chi connectivity index (χ1) is 6.71. The van der Waals surface area contributed by atoms with Crippen LogP contribution in [0.3, 0.4) is 0 Å². The van der Waals surface area contributed by atoms with Crippen molar-refractivity contribution in [2.45, 2.75) is 44.1 Å². The summed E-state index contributed by atoms with van der Waals surface area (Å²) in [6, 6.07) is 0. The van der Waals surface area contributed by atoms with E-state index < -0.39 is 11.5 Å². The Hall–Kier alpha value is -0.830. The van der Waals surface area contributed by atoms with E-state index in [4.69, 9.17) is 0 Å². The molecule has 80 valence electrons. The first kappa shape index (κ1) is 11.2. The lowest BCUT2D eigenvalue weighted by atomic mass is 9.90. The molecule has 1 saturated carbocycles. The molecule has 0 aromatic rings. The Morgan fingerprint density at radius 2 is 1.93 bits per heavy atom. The number of nitrogens with one attached hydrogen (secondary N) is 1. The van der Waals surface area contributed by atoms with Crippen LogP contribution in [0.2, 0.25) is 0 Å². The number of hydrogen-bond donors (Lipinski definition) is 2. The average molecular weight is 197 g/mol. The topological polar surface area (TPSA) is 49.3 Å². The van der Waals surface area contributed by atoms with Gasteiger partial charge >= 0.3 is 5.97 Å². The average Bonchev–Trinajstić information content (AvgIpc) is 2.41. The second-order valence-electron chi connectivity index (χ2n) is 3.97. The van der Waals surface area contributed by atoms with Crippen LogP contribution < -0.4 is 5.32 Å². The Balaban J connectivity index is 2.66. The maximum Gasteiger partial charge on any atom is 0.323 e. The fourth-order valence-corrected chi connectivity index (χ4v) is 2.07.